The molecule has 6 heteroatoms. The van der Waals surface area contributed by atoms with E-state index >= 15 is 0 Å². The molecule has 0 spiro atoms. The van der Waals surface area contributed by atoms with Crippen LogP contribution in [0.1, 0.15) is 5.69 Å². The maximum atomic E-state index is 6.61. The molecule has 280 valence electrons. The molecule has 59 heavy (non-hydrogen) atoms. The average molecular weight is 938 g/mol. The number of hydrogen-bond donors (Lipinski definition) is 0. The molecule has 0 aliphatic carbocycles. The van der Waals surface area contributed by atoms with Gasteiger partial charge in [0.15, 0.2) is 0 Å². The van der Waals surface area contributed by atoms with Crippen molar-refractivity contribution in [1.29, 1.82) is 0 Å². The first-order chi connectivity index (χ1) is 28.7. The van der Waals surface area contributed by atoms with E-state index in [2.05, 4.69) is 184 Å². The summed E-state index contributed by atoms with van der Waals surface area (Å²) in [4.78, 5) is 4.88. The maximum Gasteiger partial charge on any atom is 2.00 e. The van der Waals surface area contributed by atoms with Crippen molar-refractivity contribution < 1.29 is 25.8 Å². The number of fused-ring (bicyclic) bond motifs is 6. The minimum atomic E-state index is 0. The molecule has 5 nitrogen and oxygen atoms in total. The largest absolute Gasteiger partial charge is 2.00 e. The third-order valence-electron chi connectivity index (χ3n) is 10.8. The summed E-state index contributed by atoms with van der Waals surface area (Å²) in [5.41, 5.74) is 11.3. The molecule has 8 aromatic carbocycles. The molecule has 3 heterocycles. The molecule has 1 aliphatic rings. The van der Waals surface area contributed by atoms with Crippen LogP contribution >= 0.6 is 0 Å². The first kappa shape index (κ1) is 36.2. The molecule has 0 N–H and O–H groups in total. The fraction of sp³-hybridized carbons (Fsp3) is 0.0189. The van der Waals surface area contributed by atoms with Crippen LogP contribution in [-0.2, 0) is 21.1 Å². The summed E-state index contributed by atoms with van der Waals surface area (Å²) in [6, 6.07) is 76.2. The molecule has 11 rings (SSSR count). The van der Waals surface area contributed by atoms with Crippen molar-refractivity contribution in [3.05, 3.63) is 206 Å². The third-order valence-corrected chi connectivity index (χ3v) is 10.8. The zero-order chi connectivity index (χ0) is 38.6. The quantitative estimate of drug-likeness (QED) is 0.118. The SMILES string of the molecule is Cc1cccc(-n2c3[c-]c(Oc4[c-]c([N+]5=C=[N+](c6c(-c7ccccc7)cccc6-c6ccccc6)c6c5ccc5ccccc65)ccc4)ccc3c3ccccc32)n1.[Pt+2]. The zero-order valence-electron chi connectivity index (χ0n) is 31.9. The zero-order valence-corrected chi connectivity index (χ0v) is 34.2. The van der Waals surface area contributed by atoms with E-state index in [0.717, 1.165) is 89.1 Å². The van der Waals surface area contributed by atoms with Crippen LogP contribution in [0.3, 0.4) is 0 Å². The molecule has 0 atom stereocenters. The summed E-state index contributed by atoms with van der Waals surface area (Å²) in [5.74, 6) is 2.00. The minimum Gasteiger partial charge on any atom is -0.509 e. The number of hydrogen-bond acceptors (Lipinski definition) is 2. The van der Waals surface area contributed by atoms with Crippen molar-refractivity contribution >= 4 is 61.3 Å². The fourth-order valence-corrected chi connectivity index (χ4v) is 8.26. The van der Waals surface area contributed by atoms with Gasteiger partial charge in [-0.2, -0.15) is 12.1 Å². The summed E-state index contributed by atoms with van der Waals surface area (Å²) in [7, 11) is 0. The predicted octanol–water partition coefficient (Wildman–Crippen LogP) is 13.2. The molecule has 0 fully saturated rings. The molecule has 2 aromatic heterocycles. The second kappa shape index (κ2) is 15.0. The van der Waals surface area contributed by atoms with E-state index < -0.39 is 0 Å². The Labute approximate surface area is 356 Å². The number of aromatic nitrogens is 2. The van der Waals surface area contributed by atoms with E-state index in [9.17, 15) is 0 Å². The molecule has 0 unspecified atom stereocenters. The van der Waals surface area contributed by atoms with Crippen molar-refractivity contribution in [3.8, 4) is 39.6 Å². The first-order valence-corrected chi connectivity index (χ1v) is 19.4. The number of benzene rings is 8. The van der Waals surface area contributed by atoms with Gasteiger partial charge in [-0.05, 0) is 75.9 Å². The Bertz CT molecular complexity index is 3250. The van der Waals surface area contributed by atoms with Crippen molar-refractivity contribution in [3.63, 3.8) is 0 Å². The van der Waals surface area contributed by atoms with E-state index in [4.69, 9.17) is 9.72 Å². The van der Waals surface area contributed by atoms with Gasteiger partial charge in [0.1, 0.15) is 11.5 Å². The number of ether oxygens (including phenoxy) is 1. The minimum absolute atomic E-state index is 0. The normalized spacial score (nSPS) is 11.9. The molecule has 10 aromatic rings. The molecule has 0 amide bonds. The second-order valence-corrected chi connectivity index (χ2v) is 14.4. The topological polar surface area (TPSA) is 33.1 Å². The summed E-state index contributed by atoms with van der Waals surface area (Å²) < 4.78 is 13.1. The number of aryl methyl sites for hydroxylation is 1. The van der Waals surface area contributed by atoms with Crippen LogP contribution in [0.4, 0.5) is 22.7 Å². The maximum absolute atomic E-state index is 6.61. The summed E-state index contributed by atoms with van der Waals surface area (Å²) >= 11 is 0. The van der Waals surface area contributed by atoms with Crippen LogP contribution in [0.25, 0.3) is 60.6 Å². The molecule has 0 saturated heterocycles. The number of pyridine rings is 1. The predicted molar refractivity (Wildman–Crippen MR) is 237 cm³/mol. The van der Waals surface area contributed by atoms with Gasteiger partial charge >= 0.3 is 32.8 Å². The van der Waals surface area contributed by atoms with E-state index in [1.54, 1.807) is 0 Å². The average Bonchev–Trinajstić information content (AvgIpc) is 3.83. The van der Waals surface area contributed by atoms with Crippen molar-refractivity contribution in [1.82, 2.24) is 18.7 Å². The van der Waals surface area contributed by atoms with Crippen LogP contribution in [0.2, 0.25) is 0 Å². The van der Waals surface area contributed by atoms with Gasteiger partial charge in [0.25, 0.3) is 5.69 Å². The molecule has 0 radical (unpaired) electrons. The standard InChI is InChI=1S/C53H34N4O.Pt/c1-36-15-12-28-51(54-36)57-48-27-11-10-24-46(48)47-31-30-42(34-50(47)57)58-41-22-13-21-40(33-41)55-35-56(53-45-23-9-8-20-39(45)29-32-49(53)55)52-43(37-16-4-2-5-17-37)25-14-26-44(52)38-18-6-3-7-19-38;/h2-32H,1H3;/q;+2. The fourth-order valence-electron chi connectivity index (χ4n) is 8.26. The Morgan fingerprint density at radius 2 is 1.19 bits per heavy atom. The Balaban J connectivity index is 0.00000420. The number of rotatable bonds is 7. The third kappa shape index (κ3) is 6.29. The number of para-hydroxylation sites is 2. The van der Waals surface area contributed by atoms with E-state index in [1.807, 2.05) is 43.3 Å². The van der Waals surface area contributed by atoms with Gasteiger partial charge in [-0.25, -0.2) is 4.98 Å². The summed E-state index contributed by atoms with van der Waals surface area (Å²) in [5, 5.41) is 4.50. The smallest absolute Gasteiger partial charge is 0.509 e. The van der Waals surface area contributed by atoms with Gasteiger partial charge in [-0.1, -0.05) is 131 Å². The van der Waals surface area contributed by atoms with E-state index in [-0.39, 0.29) is 21.1 Å². The molecule has 0 saturated carbocycles. The van der Waals surface area contributed by atoms with E-state index in [1.165, 1.54) is 0 Å². The monoisotopic (exact) mass is 937 g/mol. The molecular weight excluding hydrogens is 904 g/mol. The Kier molecular flexibility index (Phi) is 9.19. The van der Waals surface area contributed by atoms with Crippen LogP contribution in [0.5, 0.6) is 11.5 Å². The van der Waals surface area contributed by atoms with Crippen molar-refractivity contribution in [2.45, 2.75) is 6.92 Å². The van der Waals surface area contributed by atoms with Gasteiger partial charge < -0.3 is 9.30 Å². The Morgan fingerprint density at radius 1 is 0.525 bits per heavy atom. The second-order valence-electron chi connectivity index (χ2n) is 14.4. The van der Waals surface area contributed by atoms with Crippen LogP contribution in [0.15, 0.2) is 188 Å². The molecule has 1 aliphatic heterocycles. The molecule has 0 bridgehead atoms. The van der Waals surface area contributed by atoms with Gasteiger partial charge in [-0.3, -0.25) is 0 Å². The Morgan fingerprint density at radius 3 is 1.95 bits per heavy atom. The van der Waals surface area contributed by atoms with Crippen LogP contribution in [-0.4, -0.2) is 15.6 Å². The molecular formula is C53H34N4OPt+2. The van der Waals surface area contributed by atoms with E-state index in [0.29, 0.717) is 11.5 Å². The number of nitrogens with zero attached hydrogens (tertiary/aromatic N) is 4. The van der Waals surface area contributed by atoms with Gasteiger partial charge in [0.05, 0.1) is 16.5 Å². The first-order valence-electron chi connectivity index (χ1n) is 19.4. The van der Waals surface area contributed by atoms with Crippen LogP contribution in [0, 0.1) is 19.1 Å². The van der Waals surface area contributed by atoms with Crippen molar-refractivity contribution in [2.75, 3.05) is 0 Å². The summed E-state index contributed by atoms with van der Waals surface area (Å²) in [6.07, 6.45) is 0. The van der Waals surface area contributed by atoms with Gasteiger partial charge in [-0.15, -0.1) is 23.6 Å². The Hall–Kier alpha value is -7.16. The van der Waals surface area contributed by atoms with Crippen LogP contribution < -0.4 is 13.9 Å². The summed E-state index contributed by atoms with van der Waals surface area (Å²) in [6.45, 7) is 2.01. The van der Waals surface area contributed by atoms with Gasteiger partial charge in [0, 0.05) is 28.8 Å². The van der Waals surface area contributed by atoms with Gasteiger partial charge in [0.2, 0.25) is 5.69 Å². The van der Waals surface area contributed by atoms with Crippen molar-refractivity contribution in [2.24, 2.45) is 0 Å².